The van der Waals surface area contributed by atoms with Gasteiger partial charge in [-0.3, -0.25) is 10.2 Å². The highest BCUT2D eigenvalue weighted by molar-refractivity contribution is 5.96. The van der Waals surface area contributed by atoms with Crippen molar-refractivity contribution in [1.82, 2.24) is 15.3 Å². The molecule has 1 N–H and O–H groups in total. The van der Waals surface area contributed by atoms with Gasteiger partial charge in [-0.2, -0.15) is 0 Å². The van der Waals surface area contributed by atoms with E-state index in [1.807, 2.05) is 19.0 Å². The van der Waals surface area contributed by atoms with E-state index in [-0.39, 0.29) is 5.56 Å². The lowest BCUT2D eigenvalue weighted by Gasteiger charge is -2.32. The third-order valence-electron chi connectivity index (χ3n) is 4.19. The van der Waals surface area contributed by atoms with E-state index in [1.165, 1.54) is 0 Å². The zero-order valence-electron chi connectivity index (χ0n) is 14.6. The van der Waals surface area contributed by atoms with E-state index in [1.54, 1.807) is 24.3 Å². The lowest BCUT2D eigenvalue weighted by atomic mass is 10.1. The van der Waals surface area contributed by atoms with Gasteiger partial charge in [-0.15, -0.1) is 0 Å². The van der Waals surface area contributed by atoms with Crippen LogP contribution in [0, 0.1) is 0 Å². The van der Waals surface area contributed by atoms with Gasteiger partial charge in [-0.05, 0) is 31.7 Å². The Morgan fingerprint density at radius 1 is 1.24 bits per heavy atom. The number of piperazine rings is 1. The van der Waals surface area contributed by atoms with Gasteiger partial charge in [-0.25, -0.2) is 9.80 Å². The molecule has 0 saturated carbocycles. The lowest BCUT2D eigenvalue weighted by Crippen LogP contribution is -2.53. The van der Waals surface area contributed by atoms with Gasteiger partial charge in [0, 0.05) is 37.6 Å². The normalized spacial score (nSPS) is 16.1. The number of ether oxygens (including phenoxy) is 1. The molecule has 1 aromatic carbocycles. The van der Waals surface area contributed by atoms with E-state index in [0.29, 0.717) is 23.3 Å². The number of nitrogens with one attached hydrogen (secondary N) is 1. The van der Waals surface area contributed by atoms with Crippen molar-refractivity contribution in [1.29, 1.82) is 0 Å². The number of nitrogens with zero attached hydrogens (tertiary/aromatic N) is 2. The average Bonchev–Trinajstić information content (AvgIpc) is 2.61. The summed E-state index contributed by atoms with van der Waals surface area (Å²) in [4.78, 5) is 26.8. The van der Waals surface area contributed by atoms with Crippen LogP contribution in [0.3, 0.4) is 0 Å². The lowest BCUT2D eigenvalue weighted by molar-refractivity contribution is 0.0659. The van der Waals surface area contributed by atoms with E-state index >= 15 is 0 Å². The molecule has 0 unspecified atom stereocenters. The molecule has 0 bridgehead atoms. The molecule has 1 aliphatic rings. The molecule has 7 nitrogen and oxygen atoms in total. The highest BCUT2D eigenvalue weighted by atomic mass is 16.5. The zero-order valence-corrected chi connectivity index (χ0v) is 14.6. The predicted octanol–water partition coefficient (Wildman–Crippen LogP) is 1.47. The highest BCUT2D eigenvalue weighted by Crippen LogP contribution is 2.20. The molecule has 7 heteroatoms. The van der Waals surface area contributed by atoms with Crippen LogP contribution in [0.4, 0.5) is 0 Å². The molecular weight excluding hydrogens is 322 g/mol. The molecule has 134 valence electrons. The Bertz CT molecular complexity index is 810. The quantitative estimate of drug-likeness (QED) is 0.827. The highest BCUT2D eigenvalue weighted by Gasteiger charge is 2.19. The number of hydrogen-bond acceptors (Lipinski definition) is 6. The van der Waals surface area contributed by atoms with Crippen molar-refractivity contribution in [3.63, 3.8) is 0 Å². The van der Waals surface area contributed by atoms with Gasteiger partial charge in [0.1, 0.15) is 16.9 Å². The Balaban J connectivity index is 1.78. The maximum atomic E-state index is 12.4. The number of fused-ring (bicyclic) bond motifs is 1. The SMILES string of the molecule is CCCOc1ccc2cc(C(=O)NN3CCN(C)CC3)c(=O)oc2c1. The molecule has 1 saturated heterocycles. The van der Waals surface area contributed by atoms with Crippen LogP contribution in [0.1, 0.15) is 23.7 Å². The summed E-state index contributed by atoms with van der Waals surface area (Å²) in [6.07, 6.45) is 0.896. The molecule has 3 rings (SSSR count). The van der Waals surface area contributed by atoms with Crippen LogP contribution in [0.25, 0.3) is 11.0 Å². The monoisotopic (exact) mass is 345 g/mol. The van der Waals surface area contributed by atoms with Crippen molar-refractivity contribution in [3.05, 3.63) is 40.2 Å². The van der Waals surface area contributed by atoms with Crippen LogP contribution >= 0.6 is 0 Å². The number of carbonyl (C=O) groups is 1. The largest absolute Gasteiger partial charge is 0.493 e. The molecule has 1 aromatic heterocycles. The van der Waals surface area contributed by atoms with Crippen LogP contribution < -0.4 is 15.8 Å². The fourth-order valence-electron chi connectivity index (χ4n) is 2.68. The number of hydrogen-bond donors (Lipinski definition) is 1. The van der Waals surface area contributed by atoms with E-state index in [9.17, 15) is 9.59 Å². The number of hydrazine groups is 1. The van der Waals surface area contributed by atoms with Crippen molar-refractivity contribution in [2.24, 2.45) is 0 Å². The summed E-state index contributed by atoms with van der Waals surface area (Å²) in [5.41, 5.74) is 2.56. The molecular formula is C18H23N3O4. The third kappa shape index (κ3) is 4.18. The minimum atomic E-state index is -0.647. The minimum absolute atomic E-state index is 0.00801. The first-order valence-electron chi connectivity index (χ1n) is 8.52. The molecule has 1 fully saturated rings. The molecule has 0 atom stereocenters. The van der Waals surface area contributed by atoms with Gasteiger partial charge in [0.25, 0.3) is 5.91 Å². The summed E-state index contributed by atoms with van der Waals surface area (Å²) in [7, 11) is 2.04. The van der Waals surface area contributed by atoms with Crippen LogP contribution in [0.2, 0.25) is 0 Å². The van der Waals surface area contributed by atoms with Crippen molar-refractivity contribution < 1.29 is 13.9 Å². The fraction of sp³-hybridized carbons (Fsp3) is 0.444. The Labute approximate surface area is 146 Å². The molecule has 0 radical (unpaired) electrons. The summed E-state index contributed by atoms with van der Waals surface area (Å²) in [5.74, 6) is 0.207. The van der Waals surface area contributed by atoms with E-state index in [4.69, 9.17) is 9.15 Å². The third-order valence-corrected chi connectivity index (χ3v) is 4.19. The number of likely N-dealkylation sites (N-methyl/N-ethyl adjacent to an activating group) is 1. The van der Waals surface area contributed by atoms with Crippen LogP contribution in [-0.2, 0) is 0 Å². The first kappa shape index (κ1) is 17.4. The second-order valence-corrected chi connectivity index (χ2v) is 6.23. The first-order valence-corrected chi connectivity index (χ1v) is 8.52. The Morgan fingerprint density at radius 3 is 2.72 bits per heavy atom. The standard InChI is InChI=1S/C18H23N3O4/c1-3-10-24-14-5-4-13-11-15(18(23)25-16(13)12-14)17(22)19-21-8-6-20(2)7-9-21/h4-5,11-12H,3,6-10H2,1-2H3,(H,19,22). The summed E-state index contributed by atoms with van der Waals surface area (Å²) in [5, 5.41) is 2.51. The summed E-state index contributed by atoms with van der Waals surface area (Å²) in [6, 6.07) is 6.83. The van der Waals surface area contributed by atoms with Gasteiger partial charge in [0.05, 0.1) is 6.61 Å². The van der Waals surface area contributed by atoms with Crippen LogP contribution in [0.15, 0.2) is 33.5 Å². The second-order valence-electron chi connectivity index (χ2n) is 6.23. The number of carbonyl (C=O) groups excluding carboxylic acids is 1. The maximum absolute atomic E-state index is 12.4. The smallest absolute Gasteiger partial charge is 0.349 e. The molecule has 2 heterocycles. The van der Waals surface area contributed by atoms with Gasteiger partial charge < -0.3 is 14.1 Å². The maximum Gasteiger partial charge on any atom is 0.349 e. The van der Waals surface area contributed by atoms with Crippen molar-refractivity contribution in [3.8, 4) is 5.75 Å². The number of rotatable bonds is 5. The van der Waals surface area contributed by atoms with Crippen molar-refractivity contribution in [2.75, 3.05) is 39.8 Å². The molecule has 1 aliphatic heterocycles. The van der Waals surface area contributed by atoms with Crippen LogP contribution in [-0.4, -0.2) is 55.6 Å². The summed E-state index contributed by atoms with van der Waals surface area (Å²) < 4.78 is 10.9. The Hall–Kier alpha value is -2.38. The van der Waals surface area contributed by atoms with E-state index in [2.05, 4.69) is 10.3 Å². The fourth-order valence-corrected chi connectivity index (χ4v) is 2.68. The Morgan fingerprint density at radius 2 is 2.00 bits per heavy atom. The van der Waals surface area contributed by atoms with Crippen LogP contribution in [0.5, 0.6) is 5.75 Å². The van der Waals surface area contributed by atoms with E-state index < -0.39 is 11.5 Å². The van der Waals surface area contributed by atoms with Crippen molar-refractivity contribution in [2.45, 2.75) is 13.3 Å². The van der Waals surface area contributed by atoms with Crippen molar-refractivity contribution >= 4 is 16.9 Å². The zero-order chi connectivity index (χ0) is 17.8. The summed E-state index contributed by atoms with van der Waals surface area (Å²) in [6.45, 7) is 5.80. The number of amides is 1. The minimum Gasteiger partial charge on any atom is -0.493 e. The predicted molar refractivity (Wildman–Crippen MR) is 94.8 cm³/mol. The average molecular weight is 345 g/mol. The number of benzene rings is 1. The van der Waals surface area contributed by atoms with E-state index in [0.717, 1.165) is 32.6 Å². The van der Waals surface area contributed by atoms with Gasteiger partial charge >= 0.3 is 5.63 Å². The Kier molecular flexibility index (Phi) is 5.35. The van der Waals surface area contributed by atoms with Gasteiger partial charge in [0.15, 0.2) is 0 Å². The molecule has 1 amide bonds. The molecule has 0 aliphatic carbocycles. The molecule has 2 aromatic rings. The topological polar surface area (TPSA) is 75.0 Å². The molecule has 0 spiro atoms. The first-order chi connectivity index (χ1) is 12.1. The molecule has 25 heavy (non-hydrogen) atoms. The van der Waals surface area contributed by atoms with Gasteiger partial charge in [0.2, 0.25) is 0 Å². The second kappa shape index (κ2) is 7.67. The van der Waals surface area contributed by atoms with Gasteiger partial charge in [-0.1, -0.05) is 6.92 Å². The summed E-state index contributed by atoms with van der Waals surface area (Å²) >= 11 is 0.